The Kier molecular flexibility index (Phi) is 5.81. The third-order valence-electron chi connectivity index (χ3n) is 4.11. The van der Waals surface area contributed by atoms with Crippen molar-refractivity contribution < 1.29 is 14.3 Å². The van der Waals surface area contributed by atoms with Crippen LogP contribution >= 0.6 is 11.3 Å². The molecule has 0 saturated heterocycles. The number of aromatic nitrogens is 3. The van der Waals surface area contributed by atoms with E-state index in [4.69, 9.17) is 4.74 Å². The van der Waals surface area contributed by atoms with Crippen molar-refractivity contribution in [1.29, 1.82) is 0 Å². The normalized spacial score (nSPS) is 10.4. The van der Waals surface area contributed by atoms with E-state index < -0.39 is 11.8 Å². The Hall–Kier alpha value is -3.98. The molecule has 4 aromatic rings. The molecule has 0 atom stereocenters. The topological polar surface area (TPSA) is 109 Å². The average Bonchev–Trinajstić information content (AvgIpc) is 3.49. The highest BCUT2D eigenvalue weighted by Gasteiger charge is 2.14. The molecule has 0 aliphatic heterocycles. The van der Waals surface area contributed by atoms with Crippen LogP contribution in [0.15, 0.2) is 72.4 Å². The molecule has 3 heterocycles. The molecule has 8 nitrogen and oxygen atoms in total. The van der Waals surface area contributed by atoms with E-state index in [2.05, 4.69) is 26.0 Å². The number of pyridine rings is 1. The van der Waals surface area contributed by atoms with Crippen molar-refractivity contribution in [2.24, 2.45) is 0 Å². The number of ether oxygens (including phenoxy) is 1. The number of hydrogen-bond donors (Lipinski definition) is 3. The summed E-state index contributed by atoms with van der Waals surface area (Å²) in [5, 5.41) is 8.73. The molecule has 9 heteroatoms. The summed E-state index contributed by atoms with van der Waals surface area (Å²) < 4.78 is 5.70. The number of aromatic amines is 1. The van der Waals surface area contributed by atoms with Gasteiger partial charge in [0.05, 0.1) is 10.6 Å². The molecule has 0 bridgehead atoms. The van der Waals surface area contributed by atoms with Crippen LogP contribution < -0.4 is 15.6 Å². The Morgan fingerprint density at radius 2 is 1.93 bits per heavy atom. The molecule has 0 spiro atoms. The van der Waals surface area contributed by atoms with E-state index in [9.17, 15) is 9.59 Å². The monoisotopic (exact) mass is 419 g/mol. The number of benzene rings is 1. The SMILES string of the molecule is O=C(NNC(=O)c1cc(-c2cccs2)[nH]n1)c1cccc(OCc2cccnc2)c1. The van der Waals surface area contributed by atoms with E-state index >= 15 is 0 Å². The molecular weight excluding hydrogens is 402 g/mol. The van der Waals surface area contributed by atoms with Crippen LogP contribution in [0.4, 0.5) is 0 Å². The summed E-state index contributed by atoms with van der Waals surface area (Å²) in [7, 11) is 0. The summed E-state index contributed by atoms with van der Waals surface area (Å²) in [5.74, 6) is -0.457. The Morgan fingerprint density at radius 1 is 1.03 bits per heavy atom. The van der Waals surface area contributed by atoms with Gasteiger partial charge in [-0.3, -0.25) is 30.5 Å². The fourth-order valence-corrected chi connectivity index (χ4v) is 3.32. The maximum atomic E-state index is 12.4. The quantitative estimate of drug-likeness (QED) is 0.416. The summed E-state index contributed by atoms with van der Waals surface area (Å²) in [4.78, 5) is 29.6. The van der Waals surface area contributed by atoms with Crippen molar-refractivity contribution in [1.82, 2.24) is 26.0 Å². The summed E-state index contributed by atoms with van der Waals surface area (Å²) in [6, 6.07) is 15.9. The van der Waals surface area contributed by atoms with Crippen LogP contribution in [-0.4, -0.2) is 27.0 Å². The van der Waals surface area contributed by atoms with Crippen LogP contribution in [0.1, 0.15) is 26.4 Å². The second-order valence-corrected chi connectivity index (χ2v) is 7.18. The van der Waals surface area contributed by atoms with Gasteiger partial charge in [-0.25, -0.2) is 0 Å². The van der Waals surface area contributed by atoms with Gasteiger partial charge in [0.2, 0.25) is 0 Å². The molecule has 0 unspecified atom stereocenters. The van der Waals surface area contributed by atoms with Gasteiger partial charge >= 0.3 is 0 Å². The molecule has 0 radical (unpaired) electrons. The van der Waals surface area contributed by atoms with Crippen LogP contribution in [0.5, 0.6) is 5.75 Å². The lowest BCUT2D eigenvalue weighted by atomic mass is 10.2. The number of carbonyl (C=O) groups is 2. The first kappa shape index (κ1) is 19.3. The standard InChI is InChI=1S/C21H17N5O3S/c27-20(15-5-1-6-16(10-15)29-13-14-4-2-8-22-12-14)25-26-21(28)18-11-17(23-24-18)19-7-3-9-30-19/h1-12H,13H2,(H,23,24)(H,25,27)(H,26,28). The zero-order valence-electron chi connectivity index (χ0n) is 15.7. The molecule has 3 aromatic heterocycles. The molecule has 0 aliphatic rings. The lowest BCUT2D eigenvalue weighted by molar-refractivity contribution is 0.0843. The maximum absolute atomic E-state index is 12.4. The second-order valence-electron chi connectivity index (χ2n) is 6.23. The highest BCUT2D eigenvalue weighted by molar-refractivity contribution is 7.13. The number of thiophene rings is 1. The van der Waals surface area contributed by atoms with Crippen LogP contribution in [0.2, 0.25) is 0 Å². The first-order chi connectivity index (χ1) is 14.7. The lowest BCUT2D eigenvalue weighted by Gasteiger charge is -2.09. The smallest absolute Gasteiger partial charge is 0.290 e. The van der Waals surface area contributed by atoms with E-state index in [0.717, 1.165) is 16.1 Å². The van der Waals surface area contributed by atoms with Crippen molar-refractivity contribution in [2.45, 2.75) is 6.61 Å². The Bertz CT molecular complexity index is 1140. The Balaban J connectivity index is 1.33. The summed E-state index contributed by atoms with van der Waals surface area (Å²) in [6.45, 7) is 0.335. The predicted molar refractivity (Wildman–Crippen MR) is 112 cm³/mol. The van der Waals surface area contributed by atoms with E-state index in [1.165, 1.54) is 11.3 Å². The largest absolute Gasteiger partial charge is 0.489 e. The van der Waals surface area contributed by atoms with Crippen LogP contribution in [-0.2, 0) is 6.61 Å². The van der Waals surface area contributed by atoms with E-state index in [1.807, 2.05) is 29.6 Å². The molecule has 0 fully saturated rings. The molecule has 0 aliphatic carbocycles. The number of hydrazine groups is 1. The fraction of sp³-hybridized carbons (Fsp3) is 0.0476. The van der Waals surface area contributed by atoms with Gasteiger partial charge in [0, 0.05) is 23.5 Å². The number of amides is 2. The molecule has 0 saturated carbocycles. The van der Waals surface area contributed by atoms with Crippen LogP contribution in [0.25, 0.3) is 10.6 Å². The minimum absolute atomic E-state index is 0.173. The number of nitrogens with one attached hydrogen (secondary N) is 3. The number of carbonyl (C=O) groups excluding carboxylic acids is 2. The van der Waals surface area contributed by atoms with Gasteiger partial charge in [0.15, 0.2) is 5.69 Å². The zero-order valence-corrected chi connectivity index (χ0v) is 16.5. The molecule has 30 heavy (non-hydrogen) atoms. The van der Waals surface area contributed by atoms with E-state index in [-0.39, 0.29) is 5.69 Å². The Morgan fingerprint density at radius 3 is 2.73 bits per heavy atom. The lowest BCUT2D eigenvalue weighted by Crippen LogP contribution is -2.41. The van der Waals surface area contributed by atoms with Crippen molar-refractivity contribution >= 4 is 23.2 Å². The molecule has 2 amide bonds. The third-order valence-corrected chi connectivity index (χ3v) is 5.01. The molecule has 3 N–H and O–H groups in total. The molecule has 150 valence electrons. The summed E-state index contributed by atoms with van der Waals surface area (Å²) >= 11 is 1.53. The van der Waals surface area contributed by atoms with Crippen LogP contribution in [0.3, 0.4) is 0 Å². The van der Waals surface area contributed by atoms with Gasteiger partial charge < -0.3 is 4.74 Å². The number of H-pyrrole nitrogens is 1. The van der Waals surface area contributed by atoms with Crippen molar-refractivity contribution in [3.8, 4) is 16.3 Å². The summed E-state index contributed by atoms with van der Waals surface area (Å²) in [5.41, 5.74) is 6.93. The predicted octanol–water partition coefficient (Wildman–Crippen LogP) is 3.19. The van der Waals surface area contributed by atoms with Crippen molar-refractivity contribution in [2.75, 3.05) is 0 Å². The molecule has 4 rings (SSSR count). The van der Waals surface area contributed by atoms with Crippen LogP contribution in [0, 0.1) is 0 Å². The van der Waals surface area contributed by atoms with E-state index in [1.54, 1.807) is 42.7 Å². The highest BCUT2D eigenvalue weighted by atomic mass is 32.1. The van der Waals surface area contributed by atoms with Gasteiger partial charge in [0.1, 0.15) is 12.4 Å². The highest BCUT2D eigenvalue weighted by Crippen LogP contribution is 2.22. The minimum Gasteiger partial charge on any atom is -0.489 e. The van der Waals surface area contributed by atoms with Crippen molar-refractivity contribution in [3.05, 3.63) is 89.2 Å². The van der Waals surface area contributed by atoms with Gasteiger partial charge in [-0.15, -0.1) is 11.3 Å². The van der Waals surface area contributed by atoms with Crippen molar-refractivity contribution in [3.63, 3.8) is 0 Å². The number of hydrogen-bond acceptors (Lipinski definition) is 6. The number of rotatable bonds is 6. The zero-order chi connectivity index (χ0) is 20.8. The first-order valence-corrected chi connectivity index (χ1v) is 9.89. The number of nitrogens with zero attached hydrogens (tertiary/aromatic N) is 2. The fourth-order valence-electron chi connectivity index (χ4n) is 2.62. The Labute approximate surface area is 175 Å². The minimum atomic E-state index is -0.522. The molecule has 1 aromatic carbocycles. The third kappa shape index (κ3) is 4.70. The average molecular weight is 419 g/mol. The van der Waals surface area contributed by atoms with Gasteiger partial charge in [-0.1, -0.05) is 18.2 Å². The molecular formula is C21H17N5O3S. The maximum Gasteiger partial charge on any atom is 0.290 e. The van der Waals surface area contributed by atoms with E-state index in [0.29, 0.717) is 17.9 Å². The summed E-state index contributed by atoms with van der Waals surface area (Å²) in [6.07, 6.45) is 3.40. The van der Waals surface area contributed by atoms with Gasteiger partial charge in [-0.05, 0) is 41.8 Å². The van der Waals surface area contributed by atoms with Gasteiger partial charge in [-0.2, -0.15) is 5.10 Å². The second kappa shape index (κ2) is 9.01. The first-order valence-electron chi connectivity index (χ1n) is 9.01. The van der Waals surface area contributed by atoms with Gasteiger partial charge in [0.25, 0.3) is 11.8 Å².